The van der Waals surface area contributed by atoms with Crippen LogP contribution in [-0.4, -0.2) is 53.1 Å². The Balaban J connectivity index is 2.25. The highest BCUT2D eigenvalue weighted by molar-refractivity contribution is 6.64. The van der Waals surface area contributed by atoms with Gasteiger partial charge in [0.1, 0.15) is 0 Å². The summed E-state index contributed by atoms with van der Waals surface area (Å²) in [5, 5.41) is 10.3. The molecule has 8 heteroatoms. The predicted octanol–water partition coefficient (Wildman–Crippen LogP) is 4.56. The van der Waals surface area contributed by atoms with Crippen LogP contribution in [0.15, 0.2) is 0 Å². The molecule has 0 amide bonds. The number of rotatable bonds is 5. The van der Waals surface area contributed by atoms with Crippen LogP contribution in [-0.2, 0) is 18.8 Å². The summed E-state index contributed by atoms with van der Waals surface area (Å²) in [5.41, 5.74) is 2.25. The second kappa shape index (κ2) is 8.79. The van der Waals surface area contributed by atoms with Crippen molar-refractivity contribution < 1.29 is 23.9 Å². The van der Waals surface area contributed by atoms with Gasteiger partial charge in [0.15, 0.2) is 6.10 Å². The molecule has 1 aromatic heterocycles. The highest BCUT2D eigenvalue weighted by Gasteiger charge is 2.54. The van der Waals surface area contributed by atoms with Crippen molar-refractivity contribution in [3.05, 3.63) is 17.0 Å². The Labute approximate surface area is 205 Å². The van der Waals surface area contributed by atoms with Crippen LogP contribution in [0.4, 0.5) is 5.69 Å². The van der Waals surface area contributed by atoms with Gasteiger partial charge in [-0.25, -0.2) is 4.79 Å². The van der Waals surface area contributed by atoms with Crippen molar-refractivity contribution in [2.24, 2.45) is 5.41 Å². The average molecular weight is 474 g/mol. The number of nitrogens with zero attached hydrogens (tertiary/aromatic N) is 2. The van der Waals surface area contributed by atoms with E-state index in [1.807, 2.05) is 62.3 Å². The molecule has 0 bridgehead atoms. The molecule has 0 unspecified atom stereocenters. The summed E-state index contributed by atoms with van der Waals surface area (Å²) >= 11 is 0. The van der Waals surface area contributed by atoms with Gasteiger partial charge in [-0.3, -0.25) is 4.98 Å². The topological polar surface area (TPSA) is 81.1 Å². The van der Waals surface area contributed by atoms with Gasteiger partial charge in [-0.1, -0.05) is 13.8 Å². The van der Waals surface area contributed by atoms with Crippen molar-refractivity contribution >= 4 is 24.2 Å². The van der Waals surface area contributed by atoms with Crippen LogP contribution in [0.2, 0.25) is 0 Å². The Morgan fingerprint density at radius 3 is 1.97 bits per heavy atom. The molecule has 1 atom stereocenters. The summed E-state index contributed by atoms with van der Waals surface area (Å²) in [7, 11) is -0.647. The third-order valence-electron chi connectivity index (χ3n) is 7.51. The summed E-state index contributed by atoms with van der Waals surface area (Å²) in [6.07, 6.45) is 0.861. The third kappa shape index (κ3) is 5.29. The average Bonchev–Trinajstić information content (AvgIpc) is 2.85. The fourth-order valence-corrected chi connectivity index (χ4v) is 4.68. The molecule has 2 aliphatic heterocycles. The molecule has 34 heavy (non-hydrogen) atoms. The first-order valence-electron chi connectivity index (χ1n) is 12.4. The monoisotopic (exact) mass is 474 g/mol. The SMILES string of the molecule is Cc1nc(C)c([C@H](OC(C)(C)C)C(=O)O)c(N2CCC(C)(C)CC2)c1B1OC(C)(C)C(C)(C)O1. The molecule has 2 fully saturated rings. The van der Waals surface area contributed by atoms with Crippen LogP contribution in [0.1, 0.15) is 98.2 Å². The Kier molecular flexibility index (Phi) is 6.97. The molecule has 1 aromatic rings. The molecule has 0 spiro atoms. The second-order valence-electron chi connectivity index (χ2n) is 12.6. The van der Waals surface area contributed by atoms with E-state index in [0.717, 1.165) is 42.8 Å². The summed E-state index contributed by atoms with van der Waals surface area (Å²) in [4.78, 5) is 19.7. The van der Waals surface area contributed by atoms with E-state index in [1.54, 1.807) is 0 Å². The zero-order valence-electron chi connectivity index (χ0n) is 23.0. The van der Waals surface area contributed by atoms with Gasteiger partial charge >= 0.3 is 13.1 Å². The van der Waals surface area contributed by atoms with Crippen molar-refractivity contribution in [2.75, 3.05) is 18.0 Å². The number of aromatic nitrogens is 1. The van der Waals surface area contributed by atoms with Gasteiger partial charge in [-0.2, -0.15) is 0 Å². The Morgan fingerprint density at radius 2 is 1.53 bits per heavy atom. The van der Waals surface area contributed by atoms with E-state index in [1.165, 1.54) is 0 Å². The van der Waals surface area contributed by atoms with Crippen molar-refractivity contribution in [3.8, 4) is 0 Å². The Bertz CT molecular complexity index is 925. The zero-order valence-corrected chi connectivity index (χ0v) is 23.0. The van der Waals surface area contributed by atoms with Crippen LogP contribution in [0.5, 0.6) is 0 Å². The molecule has 0 aromatic carbocycles. The molecular formula is C26H43BN2O5. The number of carboxylic acid groups (broad SMARTS) is 1. The number of anilines is 1. The molecule has 3 heterocycles. The van der Waals surface area contributed by atoms with E-state index < -0.39 is 36.0 Å². The summed E-state index contributed by atoms with van der Waals surface area (Å²) in [6.45, 7) is 23.7. The van der Waals surface area contributed by atoms with Gasteiger partial charge < -0.3 is 24.1 Å². The number of piperidine rings is 1. The number of carbonyl (C=O) groups is 1. The first-order valence-corrected chi connectivity index (χ1v) is 12.4. The molecule has 3 rings (SSSR count). The molecule has 0 radical (unpaired) electrons. The molecule has 0 aliphatic carbocycles. The maximum atomic E-state index is 12.6. The number of hydrogen-bond donors (Lipinski definition) is 1. The van der Waals surface area contributed by atoms with E-state index in [2.05, 4.69) is 18.7 Å². The highest BCUT2D eigenvalue weighted by Crippen LogP contribution is 2.41. The minimum atomic E-state index is -1.15. The first-order chi connectivity index (χ1) is 15.4. The largest absolute Gasteiger partial charge is 0.498 e. The zero-order chi connectivity index (χ0) is 25.9. The van der Waals surface area contributed by atoms with E-state index in [4.69, 9.17) is 19.0 Å². The minimum absolute atomic E-state index is 0.242. The summed E-state index contributed by atoms with van der Waals surface area (Å²) in [5.74, 6) is -1.03. The highest BCUT2D eigenvalue weighted by atomic mass is 16.7. The molecule has 2 saturated heterocycles. The fourth-order valence-electron chi connectivity index (χ4n) is 4.68. The normalized spacial score (nSPS) is 22.7. The second-order valence-corrected chi connectivity index (χ2v) is 12.6. The van der Waals surface area contributed by atoms with Gasteiger partial charge in [0.05, 0.1) is 16.8 Å². The first kappa shape index (κ1) is 27.0. The Morgan fingerprint density at radius 1 is 1.03 bits per heavy atom. The van der Waals surface area contributed by atoms with E-state index in [0.29, 0.717) is 11.3 Å². The number of carboxylic acids is 1. The van der Waals surface area contributed by atoms with Crippen LogP contribution in [0.3, 0.4) is 0 Å². The smallest absolute Gasteiger partial charge is 0.479 e. The standard InChI is InChI=1S/C26H43BN2O5/c1-16-18(21(22(30)31)32-23(3,4)5)20(29-14-12-24(6,7)13-15-29)19(17(2)28-16)27-33-25(8,9)26(10,11)34-27/h21H,12-15H2,1-11H3,(H,30,31)/t21-/m0/s1. The summed E-state index contributed by atoms with van der Waals surface area (Å²) < 4.78 is 19.1. The lowest BCUT2D eigenvalue weighted by molar-refractivity contribution is -0.160. The molecule has 2 aliphatic rings. The molecule has 190 valence electrons. The lowest BCUT2D eigenvalue weighted by Crippen LogP contribution is -2.47. The van der Waals surface area contributed by atoms with Crippen molar-refractivity contribution in [1.29, 1.82) is 0 Å². The van der Waals surface area contributed by atoms with Crippen molar-refractivity contribution in [1.82, 2.24) is 4.98 Å². The van der Waals surface area contributed by atoms with Crippen LogP contribution in [0, 0.1) is 19.3 Å². The van der Waals surface area contributed by atoms with Crippen molar-refractivity contribution in [3.63, 3.8) is 0 Å². The van der Waals surface area contributed by atoms with Crippen molar-refractivity contribution in [2.45, 2.75) is 112 Å². The number of ether oxygens (including phenoxy) is 1. The number of aliphatic carboxylic acids is 1. The maximum Gasteiger partial charge on any atom is 0.498 e. The number of hydrogen-bond acceptors (Lipinski definition) is 6. The molecule has 7 nitrogen and oxygen atoms in total. The minimum Gasteiger partial charge on any atom is -0.479 e. The van der Waals surface area contributed by atoms with Gasteiger partial charge in [0.2, 0.25) is 0 Å². The third-order valence-corrected chi connectivity index (χ3v) is 7.51. The van der Waals surface area contributed by atoms with E-state index in [-0.39, 0.29) is 5.41 Å². The van der Waals surface area contributed by atoms with Crippen LogP contribution in [0.25, 0.3) is 0 Å². The number of aryl methyl sites for hydroxylation is 2. The molecule has 1 N–H and O–H groups in total. The van der Waals surface area contributed by atoms with Gasteiger partial charge in [0, 0.05) is 41.2 Å². The lowest BCUT2D eigenvalue weighted by Gasteiger charge is -2.41. The summed E-state index contributed by atoms with van der Waals surface area (Å²) in [6, 6.07) is 0. The Hall–Kier alpha value is -1.64. The maximum absolute atomic E-state index is 12.6. The number of pyridine rings is 1. The fraction of sp³-hybridized carbons (Fsp3) is 0.769. The lowest BCUT2D eigenvalue weighted by atomic mass is 9.73. The van der Waals surface area contributed by atoms with Crippen LogP contribution < -0.4 is 10.4 Å². The molecular weight excluding hydrogens is 431 g/mol. The van der Waals surface area contributed by atoms with Gasteiger partial charge in [-0.05, 0) is 80.6 Å². The molecule has 0 saturated carbocycles. The quantitative estimate of drug-likeness (QED) is 0.627. The predicted molar refractivity (Wildman–Crippen MR) is 136 cm³/mol. The van der Waals surface area contributed by atoms with Gasteiger partial charge in [-0.15, -0.1) is 0 Å². The van der Waals surface area contributed by atoms with E-state index >= 15 is 0 Å². The van der Waals surface area contributed by atoms with Crippen LogP contribution >= 0.6 is 0 Å². The van der Waals surface area contributed by atoms with E-state index in [9.17, 15) is 9.90 Å². The van der Waals surface area contributed by atoms with Gasteiger partial charge in [0.25, 0.3) is 0 Å².